The molecule has 0 bridgehead atoms. The summed E-state index contributed by atoms with van der Waals surface area (Å²) < 4.78 is 45.1. The largest absolute Gasteiger partial charge is 0.272 e. The molecule has 3 rings (SSSR count). The molecule has 0 saturated heterocycles. The van der Waals surface area contributed by atoms with Gasteiger partial charge in [-0.1, -0.05) is 12.1 Å². The zero-order valence-electron chi connectivity index (χ0n) is 17.1. The maximum Gasteiger partial charge on any atom is 0.247 e. The molecule has 0 aliphatic rings. The first-order valence-corrected chi connectivity index (χ1v) is 11.0. The Morgan fingerprint density at radius 2 is 1.52 bits per heavy atom. The third-order valence-corrected chi connectivity index (χ3v) is 6.73. The number of nitrogens with zero attached hydrogens (tertiary/aromatic N) is 5. The lowest BCUT2D eigenvalue weighted by Crippen LogP contribution is -2.30. The number of benzene rings is 1. The van der Waals surface area contributed by atoms with Crippen LogP contribution >= 0.6 is 0 Å². The molecule has 1 aromatic carbocycles. The lowest BCUT2D eigenvalue weighted by Gasteiger charge is -2.22. The Hall–Kier alpha value is -2.52. The number of aromatic nitrogens is 4. The van der Waals surface area contributed by atoms with Gasteiger partial charge in [0.2, 0.25) is 10.0 Å². The van der Waals surface area contributed by atoms with E-state index in [9.17, 15) is 12.8 Å². The zero-order valence-corrected chi connectivity index (χ0v) is 17.9. The van der Waals surface area contributed by atoms with E-state index in [2.05, 4.69) is 10.2 Å². The van der Waals surface area contributed by atoms with E-state index in [4.69, 9.17) is 0 Å². The normalized spacial score (nSPS) is 12.1. The minimum Gasteiger partial charge on any atom is -0.272 e. The quantitative estimate of drug-likeness (QED) is 0.562. The van der Waals surface area contributed by atoms with Crippen molar-refractivity contribution in [2.24, 2.45) is 0 Å². The summed E-state index contributed by atoms with van der Waals surface area (Å²) in [6, 6.07) is 5.87. The molecule has 0 saturated carbocycles. The van der Waals surface area contributed by atoms with Crippen molar-refractivity contribution in [2.75, 3.05) is 0 Å². The van der Waals surface area contributed by atoms with Crippen LogP contribution in [0.1, 0.15) is 36.4 Å². The molecule has 156 valence electrons. The van der Waals surface area contributed by atoms with E-state index >= 15 is 0 Å². The van der Waals surface area contributed by atoms with Crippen LogP contribution in [0.4, 0.5) is 4.39 Å². The monoisotopic (exact) mass is 419 g/mol. The van der Waals surface area contributed by atoms with Crippen molar-refractivity contribution in [3.63, 3.8) is 0 Å². The summed E-state index contributed by atoms with van der Waals surface area (Å²) in [4.78, 5) is 0.182. The highest BCUT2D eigenvalue weighted by Crippen LogP contribution is 2.24. The van der Waals surface area contributed by atoms with Crippen molar-refractivity contribution in [3.8, 4) is 0 Å². The molecule has 0 atom stereocenters. The van der Waals surface area contributed by atoms with Gasteiger partial charge in [0.05, 0.1) is 11.4 Å². The third-order valence-electron chi connectivity index (χ3n) is 4.83. The molecule has 3 aromatic rings. The predicted octanol–water partition coefficient (Wildman–Crippen LogP) is 3.27. The van der Waals surface area contributed by atoms with Crippen molar-refractivity contribution in [1.82, 2.24) is 23.9 Å². The second kappa shape index (κ2) is 8.46. The van der Waals surface area contributed by atoms with E-state index in [0.29, 0.717) is 24.3 Å². The fourth-order valence-electron chi connectivity index (χ4n) is 3.14. The number of aryl methyl sites for hydroxylation is 4. The number of hydrogen-bond acceptors (Lipinski definition) is 4. The van der Waals surface area contributed by atoms with Gasteiger partial charge in [-0.3, -0.25) is 9.36 Å². The Bertz CT molecular complexity index is 1090. The molecule has 0 unspecified atom stereocenters. The molecule has 9 heteroatoms. The fraction of sp³-hybridized carbons (Fsp3) is 0.400. The summed E-state index contributed by atoms with van der Waals surface area (Å²) in [5.74, 6) is -0.358. The van der Waals surface area contributed by atoms with Crippen LogP contribution in [0.2, 0.25) is 0 Å². The van der Waals surface area contributed by atoms with E-state index in [1.54, 1.807) is 34.6 Å². The van der Waals surface area contributed by atoms with Gasteiger partial charge in [-0.15, -0.1) is 0 Å². The van der Waals surface area contributed by atoms with Crippen LogP contribution in [0.5, 0.6) is 0 Å². The molecule has 0 amide bonds. The van der Waals surface area contributed by atoms with E-state index in [-0.39, 0.29) is 23.8 Å². The second-order valence-electron chi connectivity index (χ2n) is 6.93. The van der Waals surface area contributed by atoms with Gasteiger partial charge in [-0.2, -0.15) is 14.5 Å². The van der Waals surface area contributed by atoms with Crippen LogP contribution in [-0.2, 0) is 36.2 Å². The van der Waals surface area contributed by atoms with Crippen LogP contribution in [0.25, 0.3) is 0 Å². The molecule has 0 radical (unpaired) electrons. The van der Waals surface area contributed by atoms with Crippen LogP contribution in [0.15, 0.2) is 41.6 Å². The molecule has 2 aromatic heterocycles. The minimum atomic E-state index is -3.82. The Morgan fingerprint density at radius 1 is 0.931 bits per heavy atom. The maximum atomic E-state index is 13.5. The molecule has 0 aliphatic heterocycles. The van der Waals surface area contributed by atoms with Crippen molar-refractivity contribution < 1.29 is 12.8 Å². The van der Waals surface area contributed by atoms with Crippen molar-refractivity contribution in [3.05, 3.63) is 65.0 Å². The molecule has 0 fully saturated rings. The van der Waals surface area contributed by atoms with Gasteiger partial charge < -0.3 is 0 Å². The molecular weight excluding hydrogens is 393 g/mol. The van der Waals surface area contributed by atoms with Gasteiger partial charge in [-0.05, 0) is 45.4 Å². The highest BCUT2D eigenvalue weighted by Gasteiger charge is 2.29. The maximum absolute atomic E-state index is 13.5. The topological polar surface area (TPSA) is 73.0 Å². The second-order valence-corrected chi connectivity index (χ2v) is 8.84. The standard InChI is InChI=1S/C20H26FN5O2S/c1-5-24-12-18(15(3)22-24)13-26(11-17-7-9-19(21)10-8-17)29(27,28)20-14-25(6-2)23-16(20)4/h7-10,12,14H,5-6,11,13H2,1-4H3. The molecule has 7 nitrogen and oxygen atoms in total. The summed E-state index contributed by atoms with van der Waals surface area (Å²) in [5, 5.41) is 8.70. The average molecular weight is 420 g/mol. The van der Waals surface area contributed by atoms with Crippen LogP contribution < -0.4 is 0 Å². The van der Waals surface area contributed by atoms with Gasteiger partial charge in [0.15, 0.2) is 0 Å². The SMILES string of the molecule is CCn1cc(CN(Cc2ccc(F)cc2)S(=O)(=O)c2cn(CC)nc2C)c(C)n1. The number of sulfonamides is 1. The summed E-state index contributed by atoms with van der Waals surface area (Å²) >= 11 is 0. The lowest BCUT2D eigenvalue weighted by molar-refractivity contribution is 0.399. The van der Waals surface area contributed by atoms with Gasteiger partial charge in [0.1, 0.15) is 10.7 Å². The fourth-order valence-corrected chi connectivity index (χ4v) is 4.71. The first-order valence-electron chi connectivity index (χ1n) is 9.56. The number of hydrogen-bond donors (Lipinski definition) is 0. The molecule has 2 heterocycles. The Kier molecular flexibility index (Phi) is 6.18. The molecule has 0 aliphatic carbocycles. The van der Waals surface area contributed by atoms with Gasteiger partial charge in [-0.25, -0.2) is 12.8 Å². The highest BCUT2D eigenvalue weighted by atomic mass is 32.2. The third kappa shape index (κ3) is 4.56. The van der Waals surface area contributed by atoms with Crippen molar-refractivity contribution in [1.29, 1.82) is 0 Å². The smallest absolute Gasteiger partial charge is 0.247 e. The number of rotatable bonds is 8. The van der Waals surface area contributed by atoms with Crippen molar-refractivity contribution >= 4 is 10.0 Å². The van der Waals surface area contributed by atoms with E-state index < -0.39 is 10.0 Å². The van der Waals surface area contributed by atoms with Crippen LogP contribution in [0.3, 0.4) is 0 Å². The minimum absolute atomic E-state index is 0.121. The van der Waals surface area contributed by atoms with Gasteiger partial charge in [0.25, 0.3) is 0 Å². The first kappa shape index (κ1) is 21.2. The number of halogens is 1. The molecule has 0 N–H and O–H groups in total. The van der Waals surface area contributed by atoms with E-state index in [1.165, 1.54) is 16.4 Å². The first-order chi connectivity index (χ1) is 13.7. The highest BCUT2D eigenvalue weighted by molar-refractivity contribution is 7.89. The van der Waals surface area contributed by atoms with Gasteiger partial charge >= 0.3 is 0 Å². The lowest BCUT2D eigenvalue weighted by atomic mass is 10.2. The predicted molar refractivity (Wildman–Crippen MR) is 108 cm³/mol. The summed E-state index contributed by atoms with van der Waals surface area (Å²) in [6.45, 7) is 9.01. The molecular formula is C20H26FN5O2S. The Morgan fingerprint density at radius 3 is 2.07 bits per heavy atom. The molecule has 29 heavy (non-hydrogen) atoms. The molecule has 0 spiro atoms. The van der Waals surface area contributed by atoms with Gasteiger partial charge in [0, 0.05) is 44.1 Å². The average Bonchev–Trinajstić information content (AvgIpc) is 3.25. The summed E-state index contributed by atoms with van der Waals surface area (Å²) in [5.41, 5.74) is 2.78. The zero-order chi connectivity index (χ0) is 21.2. The summed E-state index contributed by atoms with van der Waals surface area (Å²) in [7, 11) is -3.82. The van der Waals surface area contributed by atoms with E-state index in [0.717, 1.165) is 11.3 Å². The Balaban J connectivity index is 2.01. The van der Waals surface area contributed by atoms with Crippen LogP contribution in [0, 0.1) is 19.7 Å². The van der Waals surface area contributed by atoms with Crippen molar-refractivity contribution in [2.45, 2.75) is 58.8 Å². The summed E-state index contributed by atoms with van der Waals surface area (Å²) in [6.07, 6.45) is 3.43. The van der Waals surface area contributed by atoms with Crippen LogP contribution in [-0.4, -0.2) is 32.3 Å². The Labute approximate surface area is 170 Å². The van der Waals surface area contributed by atoms with E-state index in [1.807, 2.05) is 27.0 Å².